The zero-order chi connectivity index (χ0) is 12.3. The van der Waals surface area contributed by atoms with Crippen LogP contribution in [0.1, 0.15) is 36.3 Å². The van der Waals surface area contributed by atoms with Crippen molar-refractivity contribution in [3.63, 3.8) is 0 Å². The molecule has 0 spiro atoms. The molecule has 0 atom stereocenters. The van der Waals surface area contributed by atoms with Crippen molar-refractivity contribution in [3.8, 4) is 5.88 Å². The van der Waals surface area contributed by atoms with Crippen LogP contribution in [0.5, 0.6) is 5.88 Å². The molecule has 0 radical (unpaired) electrons. The monoisotopic (exact) mass is 236 g/mol. The Kier molecular flexibility index (Phi) is 3.56. The number of hydrogen-bond donors (Lipinski definition) is 1. The van der Waals surface area contributed by atoms with Crippen LogP contribution in [0.25, 0.3) is 0 Å². The molecule has 1 aliphatic carbocycles. The van der Waals surface area contributed by atoms with Crippen molar-refractivity contribution in [2.24, 2.45) is 0 Å². The molecule has 0 amide bonds. The van der Waals surface area contributed by atoms with Crippen LogP contribution in [0.15, 0.2) is 0 Å². The van der Waals surface area contributed by atoms with Crippen LogP contribution >= 0.6 is 0 Å². The number of carboxylic acid groups (broad SMARTS) is 1. The Balaban J connectivity index is 2.39. The summed E-state index contributed by atoms with van der Waals surface area (Å²) in [5.74, 6) is -0.0243. The first-order valence-corrected chi connectivity index (χ1v) is 5.85. The molecule has 17 heavy (non-hydrogen) atoms. The lowest BCUT2D eigenvalue weighted by Gasteiger charge is -2.11. The fourth-order valence-electron chi connectivity index (χ4n) is 2.17. The van der Waals surface area contributed by atoms with E-state index in [0.717, 1.165) is 36.9 Å². The lowest BCUT2D eigenvalue weighted by Crippen LogP contribution is -2.10. The highest BCUT2D eigenvalue weighted by atomic mass is 16.5. The van der Waals surface area contributed by atoms with Gasteiger partial charge in [0.1, 0.15) is 12.2 Å². The van der Waals surface area contributed by atoms with Gasteiger partial charge in [-0.2, -0.15) is 4.98 Å². The van der Waals surface area contributed by atoms with Gasteiger partial charge in [-0.05, 0) is 25.7 Å². The topological polar surface area (TPSA) is 72.3 Å². The van der Waals surface area contributed by atoms with Gasteiger partial charge in [-0.3, -0.25) is 4.79 Å². The Morgan fingerprint density at radius 2 is 2.06 bits per heavy atom. The van der Waals surface area contributed by atoms with Gasteiger partial charge in [0.15, 0.2) is 0 Å². The summed E-state index contributed by atoms with van der Waals surface area (Å²) in [7, 11) is 1.57. The zero-order valence-corrected chi connectivity index (χ0v) is 9.90. The highest BCUT2D eigenvalue weighted by molar-refractivity contribution is 5.69. The van der Waals surface area contributed by atoms with Crippen molar-refractivity contribution < 1.29 is 14.6 Å². The van der Waals surface area contributed by atoms with E-state index in [1.54, 1.807) is 7.11 Å². The van der Waals surface area contributed by atoms with E-state index >= 15 is 0 Å². The standard InChI is InChI=1S/C12H16N2O3/c1-17-12-8-5-3-2-4-6-9(8)13-10(14-12)7-11(15)16/h2-7H2,1H3,(H,15,16). The maximum atomic E-state index is 10.7. The number of aromatic nitrogens is 2. The van der Waals surface area contributed by atoms with Crippen LogP contribution < -0.4 is 4.74 Å². The second-order valence-corrected chi connectivity index (χ2v) is 4.21. The lowest BCUT2D eigenvalue weighted by molar-refractivity contribution is -0.136. The number of fused-ring (bicyclic) bond motifs is 1. The third-order valence-electron chi connectivity index (χ3n) is 2.94. The van der Waals surface area contributed by atoms with Gasteiger partial charge in [-0.25, -0.2) is 4.98 Å². The summed E-state index contributed by atoms with van der Waals surface area (Å²) in [6.07, 6.45) is 5.05. The first kappa shape index (κ1) is 11.8. The molecular weight excluding hydrogens is 220 g/mol. The molecule has 5 heteroatoms. The number of ether oxygens (including phenoxy) is 1. The SMILES string of the molecule is COc1nc(CC(=O)O)nc2c1CCCCC2. The maximum Gasteiger partial charge on any atom is 0.311 e. The summed E-state index contributed by atoms with van der Waals surface area (Å²) >= 11 is 0. The third-order valence-corrected chi connectivity index (χ3v) is 2.94. The van der Waals surface area contributed by atoms with Gasteiger partial charge in [-0.15, -0.1) is 0 Å². The quantitative estimate of drug-likeness (QED) is 0.803. The molecular formula is C12H16N2O3. The maximum absolute atomic E-state index is 10.7. The molecule has 0 aliphatic heterocycles. The fourth-order valence-corrected chi connectivity index (χ4v) is 2.17. The van der Waals surface area contributed by atoms with Crippen molar-refractivity contribution in [1.29, 1.82) is 0 Å². The van der Waals surface area contributed by atoms with Crippen molar-refractivity contribution >= 4 is 5.97 Å². The molecule has 0 bridgehead atoms. The van der Waals surface area contributed by atoms with E-state index in [2.05, 4.69) is 9.97 Å². The molecule has 0 aromatic carbocycles. The average Bonchev–Trinajstić information content (AvgIpc) is 2.52. The molecule has 0 unspecified atom stereocenters. The number of hydrogen-bond acceptors (Lipinski definition) is 4. The number of aryl methyl sites for hydroxylation is 1. The van der Waals surface area contributed by atoms with Gasteiger partial charge >= 0.3 is 5.97 Å². The van der Waals surface area contributed by atoms with Crippen LogP contribution in [-0.2, 0) is 24.1 Å². The molecule has 1 aliphatic rings. The van der Waals surface area contributed by atoms with Gasteiger partial charge in [0, 0.05) is 5.56 Å². The summed E-state index contributed by atoms with van der Waals surface area (Å²) in [6, 6.07) is 0. The zero-order valence-electron chi connectivity index (χ0n) is 9.90. The number of carbonyl (C=O) groups is 1. The second kappa shape index (κ2) is 5.12. The fraction of sp³-hybridized carbons (Fsp3) is 0.583. The lowest BCUT2D eigenvalue weighted by atomic mass is 10.1. The van der Waals surface area contributed by atoms with Crippen LogP contribution in [-0.4, -0.2) is 28.2 Å². The predicted octanol–water partition coefficient (Wildman–Crippen LogP) is 1.38. The first-order chi connectivity index (χ1) is 8.20. The molecule has 0 saturated carbocycles. The average molecular weight is 236 g/mol. The van der Waals surface area contributed by atoms with E-state index in [1.807, 2.05) is 0 Å². The molecule has 1 aromatic heterocycles. The summed E-state index contributed by atoms with van der Waals surface area (Å²) in [4.78, 5) is 19.2. The van der Waals surface area contributed by atoms with Crippen LogP contribution in [0.3, 0.4) is 0 Å². The molecule has 0 fully saturated rings. The number of rotatable bonds is 3. The van der Waals surface area contributed by atoms with Gasteiger partial charge in [0.25, 0.3) is 0 Å². The minimum absolute atomic E-state index is 0.149. The second-order valence-electron chi connectivity index (χ2n) is 4.21. The molecule has 1 aromatic rings. The third kappa shape index (κ3) is 2.72. The van der Waals surface area contributed by atoms with E-state index in [-0.39, 0.29) is 6.42 Å². The Morgan fingerprint density at radius 3 is 2.76 bits per heavy atom. The Bertz CT molecular complexity index is 432. The van der Waals surface area contributed by atoms with Crippen molar-refractivity contribution in [3.05, 3.63) is 17.1 Å². The number of carboxylic acids is 1. The summed E-state index contributed by atoms with van der Waals surface area (Å²) in [6.45, 7) is 0. The van der Waals surface area contributed by atoms with Gasteiger partial charge in [-0.1, -0.05) is 6.42 Å². The largest absolute Gasteiger partial charge is 0.481 e. The van der Waals surface area contributed by atoms with E-state index in [1.165, 1.54) is 6.42 Å². The number of nitrogens with zero attached hydrogens (tertiary/aromatic N) is 2. The first-order valence-electron chi connectivity index (χ1n) is 5.85. The highest BCUT2D eigenvalue weighted by Gasteiger charge is 2.18. The summed E-state index contributed by atoms with van der Waals surface area (Å²) < 4.78 is 5.25. The van der Waals surface area contributed by atoms with E-state index in [4.69, 9.17) is 9.84 Å². The minimum Gasteiger partial charge on any atom is -0.481 e. The number of methoxy groups -OCH3 is 1. The highest BCUT2D eigenvalue weighted by Crippen LogP contribution is 2.26. The smallest absolute Gasteiger partial charge is 0.311 e. The van der Waals surface area contributed by atoms with Crippen LogP contribution in [0.4, 0.5) is 0 Å². The van der Waals surface area contributed by atoms with Gasteiger partial charge in [0.05, 0.1) is 12.8 Å². The van der Waals surface area contributed by atoms with E-state index in [0.29, 0.717) is 11.7 Å². The predicted molar refractivity (Wildman–Crippen MR) is 61.2 cm³/mol. The molecule has 5 nitrogen and oxygen atoms in total. The Hall–Kier alpha value is -1.65. The van der Waals surface area contributed by atoms with E-state index < -0.39 is 5.97 Å². The van der Waals surface area contributed by atoms with Gasteiger partial charge in [0.2, 0.25) is 5.88 Å². The molecule has 92 valence electrons. The molecule has 0 saturated heterocycles. The summed E-state index contributed by atoms with van der Waals surface area (Å²) in [5, 5.41) is 8.77. The normalized spacial score (nSPS) is 14.9. The molecule has 1 N–H and O–H groups in total. The molecule has 1 heterocycles. The van der Waals surface area contributed by atoms with E-state index in [9.17, 15) is 4.79 Å². The summed E-state index contributed by atoms with van der Waals surface area (Å²) in [5.41, 5.74) is 2.02. The van der Waals surface area contributed by atoms with Crippen molar-refractivity contribution in [2.75, 3.05) is 7.11 Å². The van der Waals surface area contributed by atoms with Crippen LogP contribution in [0.2, 0.25) is 0 Å². The Morgan fingerprint density at radius 1 is 1.29 bits per heavy atom. The number of aliphatic carboxylic acids is 1. The van der Waals surface area contributed by atoms with Gasteiger partial charge < -0.3 is 9.84 Å². The molecule has 2 rings (SSSR count). The minimum atomic E-state index is -0.916. The van der Waals surface area contributed by atoms with Crippen molar-refractivity contribution in [2.45, 2.75) is 38.5 Å². The van der Waals surface area contributed by atoms with Crippen LogP contribution in [0, 0.1) is 0 Å². The Labute approximate surface area is 99.9 Å². The van der Waals surface area contributed by atoms with Crippen molar-refractivity contribution in [1.82, 2.24) is 9.97 Å².